The van der Waals surface area contributed by atoms with Gasteiger partial charge < -0.3 is 4.74 Å². The van der Waals surface area contributed by atoms with Gasteiger partial charge in [0.1, 0.15) is 0 Å². The van der Waals surface area contributed by atoms with Crippen molar-refractivity contribution in [1.29, 1.82) is 0 Å². The number of hydrogen-bond donors (Lipinski definition) is 0. The summed E-state index contributed by atoms with van der Waals surface area (Å²) >= 11 is 0. The van der Waals surface area contributed by atoms with Crippen molar-refractivity contribution in [3.8, 4) is 0 Å². The van der Waals surface area contributed by atoms with Gasteiger partial charge in [0.25, 0.3) is 0 Å². The van der Waals surface area contributed by atoms with E-state index in [4.69, 9.17) is 4.74 Å². The third kappa shape index (κ3) is 2.33. The molecule has 0 aromatic carbocycles. The zero-order valence-electron chi connectivity index (χ0n) is 8.94. The number of carbonyl (C=O) groups is 1. The molecular formula is C11H18O2. The Labute approximate surface area is 80.0 Å². The third-order valence-corrected chi connectivity index (χ3v) is 2.44. The summed E-state index contributed by atoms with van der Waals surface area (Å²) in [6, 6.07) is 0. The molecule has 1 aliphatic carbocycles. The largest absolute Gasteiger partial charge is 0.463 e. The van der Waals surface area contributed by atoms with E-state index < -0.39 is 0 Å². The fourth-order valence-electron chi connectivity index (χ4n) is 1.98. The SMILES string of the molecule is CCOC(=O)C1=C(C)CC(C)(C)C1. The van der Waals surface area contributed by atoms with Crippen LogP contribution in [0.5, 0.6) is 0 Å². The predicted octanol–water partition coefficient (Wildman–Crippen LogP) is 2.69. The first-order valence-corrected chi connectivity index (χ1v) is 4.82. The molecule has 0 fully saturated rings. The summed E-state index contributed by atoms with van der Waals surface area (Å²) in [6.45, 7) is 8.70. The van der Waals surface area contributed by atoms with Gasteiger partial charge in [-0.3, -0.25) is 0 Å². The first-order valence-electron chi connectivity index (χ1n) is 4.82. The molecule has 0 aromatic rings. The van der Waals surface area contributed by atoms with Crippen molar-refractivity contribution in [3.05, 3.63) is 11.1 Å². The maximum absolute atomic E-state index is 11.5. The van der Waals surface area contributed by atoms with Crippen LogP contribution >= 0.6 is 0 Å². The topological polar surface area (TPSA) is 26.3 Å². The van der Waals surface area contributed by atoms with Crippen LogP contribution < -0.4 is 0 Å². The highest BCUT2D eigenvalue weighted by Crippen LogP contribution is 2.41. The highest BCUT2D eigenvalue weighted by Gasteiger charge is 2.32. The van der Waals surface area contributed by atoms with E-state index in [9.17, 15) is 4.79 Å². The molecule has 74 valence electrons. The summed E-state index contributed by atoms with van der Waals surface area (Å²) in [7, 11) is 0. The maximum atomic E-state index is 11.5. The van der Waals surface area contributed by atoms with Crippen LogP contribution in [0.15, 0.2) is 11.1 Å². The van der Waals surface area contributed by atoms with Crippen molar-refractivity contribution in [2.75, 3.05) is 6.61 Å². The average Bonchev–Trinajstić information content (AvgIpc) is 2.25. The van der Waals surface area contributed by atoms with Gasteiger partial charge in [0.2, 0.25) is 0 Å². The molecule has 1 rings (SSSR count). The molecule has 0 N–H and O–H groups in total. The minimum absolute atomic E-state index is 0.120. The fraction of sp³-hybridized carbons (Fsp3) is 0.727. The van der Waals surface area contributed by atoms with E-state index >= 15 is 0 Å². The van der Waals surface area contributed by atoms with Crippen molar-refractivity contribution in [2.24, 2.45) is 5.41 Å². The smallest absolute Gasteiger partial charge is 0.333 e. The van der Waals surface area contributed by atoms with Gasteiger partial charge in [-0.15, -0.1) is 0 Å². The van der Waals surface area contributed by atoms with Gasteiger partial charge in [0.05, 0.1) is 6.61 Å². The van der Waals surface area contributed by atoms with Crippen LogP contribution in [-0.2, 0) is 9.53 Å². The van der Waals surface area contributed by atoms with Crippen LogP contribution in [0, 0.1) is 5.41 Å². The molecule has 0 spiro atoms. The number of rotatable bonds is 2. The predicted molar refractivity (Wildman–Crippen MR) is 52.3 cm³/mol. The second-order valence-corrected chi connectivity index (χ2v) is 4.50. The Morgan fingerprint density at radius 3 is 2.46 bits per heavy atom. The number of ether oxygens (including phenoxy) is 1. The Balaban J connectivity index is 2.71. The van der Waals surface area contributed by atoms with Crippen LogP contribution in [0.4, 0.5) is 0 Å². The first kappa shape index (κ1) is 10.3. The first-order chi connectivity index (χ1) is 5.96. The minimum atomic E-state index is -0.120. The second kappa shape index (κ2) is 3.52. The summed E-state index contributed by atoms with van der Waals surface area (Å²) in [5.41, 5.74) is 2.34. The van der Waals surface area contributed by atoms with E-state index in [0.717, 1.165) is 18.4 Å². The van der Waals surface area contributed by atoms with E-state index in [-0.39, 0.29) is 11.4 Å². The molecule has 0 heterocycles. The van der Waals surface area contributed by atoms with Gasteiger partial charge in [-0.1, -0.05) is 19.4 Å². The maximum Gasteiger partial charge on any atom is 0.333 e. The lowest BCUT2D eigenvalue weighted by Crippen LogP contribution is -2.11. The Hall–Kier alpha value is -0.790. The quantitative estimate of drug-likeness (QED) is 0.614. The molecular weight excluding hydrogens is 164 g/mol. The molecule has 0 amide bonds. The monoisotopic (exact) mass is 182 g/mol. The number of carbonyl (C=O) groups excluding carboxylic acids is 1. The molecule has 0 bridgehead atoms. The van der Waals surface area contributed by atoms with Crippen molar-refractivity contribution in [3.63, 3.8) is 0 Å². The summed E-state index contributed by atoms with van der Waals surface area (Å²) in [6.07, 6.45) is 1.87. The van der Waals surface area contributed by atoms with Gasteiger partial charge in [-0.2, -0.15) is 0 Å². The molecule has 0 unspecified atom stereocenters. The van der Waals surface area contributed by atoms with E-state index in [2.05, 4.69) is 13.8 Å². The lowest BCUT2D eigenvalue weighted by atomic mass is 9.89. The molecule has 0 aromatic heterocycles. The van der Waals surface area contributed by atoms with Crippen LogP contribution in [-0.4, -0.2) is 12.6 Å². The van der Waals surface area contributed by atoms with Crippen molar-refractivity contribution in [2.45, 2.75) is 40.5 Å². The fourth-order valence-corrected chi connectivity index (χ4v) is 1.98. The highest BCUT2D eigenvalue weighted by atomic mass is 16.5. The number of esters is 1. The third-order valence-electron chi connectivity index (χ3n) is 2.44. The molecule has 0 aliphatic heterocycles. The summed E-state index contributed by atoms with van der Waals surface area (Å²) in [5, 5.41) is 0. The summed E-state index contributed by atoms with van der Waals surface area (Å²) in [5.74, 6) is -0.120. The number of allylic oxidation sites excluding steroid dienone is 1. The van der Waals surface area contributed by atoms with Crippen LogP contribution in [0.1, 0.15) is 40.5 Å². The second-order valence-electron chi connectivity index (χ2n) is 4.50. The number of hydrogen-bond acceptors (Lipinski definition) is 2. The summed E-state index contributed by atoms with van der Waals surface area (Å²) < 4.78 is 4.99. The molecule has 1 aliphatic rings. The van der Waals surface area contributed by atoms with Crippen molar-refractivity contribution >= 4 is 5.97 Å². The van der Waals surface area contributed by atoms with Crippen molar-refractivity contribution in [1.82, 2.24) is 0 Å². The zero-order chi connectivity index (χ0) is 10.1. The van der Waals surface area contributed by atoms with Crippen LogP contribution in [0.25, 0.3) is 0 Å². The average molecular weight is 182 g/mol. The molecule has 2 heteroatoms. The highest BCUT2D eigenvalue weighted by molar-refractivity contribution is 5.90. The Bertz CT molecular complexity index is 249. The molecule has 13 heavy (non-hydrogen) atoms. The van der Waals surface area contributed by atoms with Gasteiger partial charge >= 0.3 is 5.97 Å². The lowest BCUT2D eigenvalue weighted by molar-refractivity contribution is -0.138. The Kier molecular flexibility index (Phi) is 2.79. The van der Waals surface area contributed by atoms with Gasteiger partial charge in [0, 0.05) is 5.57 Å². The molecule has 0 saturated carbocycles. The van der Waals surface area contributed by atoms with Crippen LogP contribution in [0.2, 0.25) is 0 Å². The van der Waals surface area contributed by atoms with Gasteiger partial charge in [0.15, 0.2) is 0 Å². The van der Waals surface area contributed by atoms with E-state index in [0.29, 0.717) is 6.61 Å². The van der Waals surface area contributed by atoms with E-state index in [1.54, 1.807) is 0 Å². The molecule has 0 saturated heterocycles. The molecule has 0 atom stereocenters. The molecule has 2 nitrogen and oxygen atoms in total. The lowest BCUT2D eigenvalue weighted by Gasteiger charge is -2.16. The normalized spacial score (nSPS) is 20.6. The van der Waals surface area contributed by atoms with Gasteiger partial charge in [-0.25, -0.2) is 4.79 Å². The Morgan fingerprint density at radius 2 is 2.08 bits per heavy atom. The Morgan fingerprint density at radius 1 is 1.46 bits per heavy atom. The molecule has 0 radical (unpaired) electrons. The van der Waals surface area contributed by atoms with Crippen molar-refractivity contribution < 1.29 is 9.53 Å². The van der Waals surface area contributed by atoms with E-state index in [1.165, 1.54) is 5.57 Å². The zero-order valence-corrected chi connectivity index (χ0v) is 8.94. The minimum Gasteiger partial charge on any atom is -0.463 e. The van der Waals surface area contributed by atoms with E-state index in [1.807, 2.05) is 13.8 Å². The van der Waals surface area contributed by atoms with Gasteiger partial charge in [-0.05, 0) is 32.1 Å². The standard InChI is InChI=1S/C11H18O2/c1-5-13-10(12)9-7-11(3,4)6-8(9)2/h5-7H2,1-4H3. The summed E-state index contributed by atoms with van der Waals surface area (Å²) in [4.78, 5) is 11.5. The van der Waals surface area contributed by atoms with Crippen LogP contribution in [0.3, 0.4) is 0 Å².